The molecule has 1 aliphatic rings. The van der Waals surface area contributed by atoms with E-state index in [1.165, 1.54) is 11.1 Å². The average molecular weight is 315 g/mol. The number of rotatable bonds is 4. The zero-order valence-electron chi connectivity index (χ0n) is 10.7. The SMILES string of the molecule is O=C(O)CC1C(=O)NCCN1c1ncc(Cl)cc1[N+](=O)[O-]. The maximum atomic E-state index is 11.8. The molecule has 1 aliphatic heterocycles. The Bertz CT molecular complexity index is 608. The van der Waals surface area contributed by atoms with Gasteiger partial charge in [0.2, 0.25) is 11.7 Å². The number of carbonyl (C=O) groups excluding carboxylic acids is 1. The molecule has 2 heterocycles. The van der Waals surface area contributed by atoms with E-state index in [-0.39, 0.29) is 29.6 Å². The third-order valence-electron chi connectivity index (χ3n) is 2.98. The summed E-state index contributed by atoms with van der Waals surface area (Å²) < 4.78 is 0. The van der Waals surface area contributed by atoms with Gasteiger partial charge in [-0.25, -0.2) is 4.98 Å². The van der Waals surface area contributed by atoms with E-state index in [0.29, 0.717) is 0 Å². The Balaban J connectivity index is 2.44. The number of aliphatic carboxylic acids is 1. The third kappa shape index (κ3) is 3.19. The van der Waals surface area contributed by atoms with Crippen molar-refractivity contribution in [2.24, 2.45) is 0 Å². The summed E-state index contributed by atoms with van der Waals surface area (Å²) in [6.07, 6.45) is 0.738. The highest BCUT2D eigenvalue weighted by Crippen LogP contribution is 2.30. The number of halogens is 1. The Labute approximate surface area is 123 Å². The highest BCUT2D eigenvalue weighted by molar-refractivity contribution is 6.30. The van der Waals surface area contributed by atoms with E-state index in [2.05, 4.69) is 10.3 Å². The largest absolute Gasteiger partial charge is 0.481 e. The van der Waals surface area contributed by atoms with E-state index >= 15 is 0 Å². The van der Waals surface area contributed by atoms with Gasteiger partial charge in [0.1, 0.15) is 6.04 Å². The van der Waals surface area contributed by atoms with Crippen LogP contribution >= 0.6 is 11.6 Å². The Morgan fingerprint density at radius 1 is 1.67 bits per heavy atom. The van der Waals surface area contributed by atoms with Crippen LogP contribution in [0.15, 0.2) is 12.3 Å². The number of aromatic nitrogens is 1. The Kier molecular flexibility index (Phi) is 4.22. The Morgan fingerprint density at radius 3 is 3.00 bits per heavy atom. The van der Waals surface area contributed by atoms with Crippen LogP contribution in [0.1, 0.15) is 6.42 Å². The summed E-state index contributed by atoms with van der Waals surface area (Å²) in [6, 6.07) is 0.0671. The maximum absolute atomic E-state index is 11.8. The topological polar surface area (TPSA) is 126 Å². The molecule has 2 rings (SSSR count). The minimum absolute atomic E-state index is 0.0644. The van der Waals surface area contributed by atoms with Crippen LogP contribution in [0, 0.1) is 10.1 Å². The number of piperazine rings is 1. The molecule has 9 nitrogen and oxygen atoms in total. The van der Waals surface area contributed by atoms with Gasteiger partial charge in [0.15, 0.2) is 0 Å². The number of pyridine rings is 1. The zero-order chi connectivity index (χ0) is 15.6. The number of anilines is 1. The molecular formula is C11H11ClN4O5. The summed E-state index contributed by atoms with van der Waals surface area (Å²) in [4.78, 5) is 38.3. The van der Waals surface area contributed by atoms with E-state index in [1.807, 2.05) is 0 Å². The Hall–Kier alpha value is -2.42. The molecular weight excluding hydrogens is 304 g/mol. The normalized spacial score (nSPS) is 18.2. The molecule has 10 heteroatoms. The van der Waals surface area contributed by atoms with Crippen LogP contribution in [0.5, 0.6) is 0 Å². The van der Waals surface area contributed by atoms with E-state index < -0.39 is 29.3 Å². The van der Waals surface area contributed by atoms with Crippen LogP contribution in [-0.2, 0) is 9.59 Å². The number of nitrogens with zero attached hydrogens (tertiary/aromatic N) is 3. The lowest BCUT2D eigenvalue weighted by Gasteiger charge is -2.34. The molecule has 0 saturated carbocycles. The Morgan fingerprint density at radius 2 is 2.38 bits per heavy atom. The molecule has 1 fully saturated rings. The smallest absolute Gasteiger partial charge is 0.313 e. The van der Waals surface area contributed by atoms with Crippen molar-refractivity contribution in [2.75, 3.05) is 18.0 Å². The number of hydrogen-bond donors (Lipinski definition) is 2. The quantitative estimate of drug-likeness (QED) is 0.609. The summed E-state index contributed by atoms with van der Waals surface area (Å²) in [5, 5.41) is 22.6. The first kappa shape index (κ1) is 15.0. The van der Waals surface area contributed by atoms with Gasteiger partial charge in [-0.2, -0.15) is 0 Å². The predicted molar refractivity (Wildman–Crippen MR) is 72.3 cm³/mol. The monoisotopic (exact) mass is 314 g/mol. The fourth-order valence-corrected chi connectivity index (χ4v) is 2.27. The second kappa shape index (κ2) is 5.92. The van der Waals surface area contributed by atoms with Gasteiger partial charge in [-0.05, 0) is 0 Å². The number of carbonyl (C=O) groups is 2. The lowest BCUT2D eigenvalue weighted by atomic mass is 10.1. The lowest BCUT2D eigenvalue weighted by molar-refractivity contribution is -0.384. The molecule has 1 aromatic heterocycles. The highest BCUT2D eigenvalue weighted by Gasteiger charge is 2.36. The number of hydrogen-bond acceptors (Lipinski definition) is 6. The second-order valence-corrected chi connectivity index (χ2v) is 4.79. The molecule has 0 aromatic carbocycles. The summed E-state index contributed by atoms with van der Waals surface area (Å²) in [5.74, 6) is -1.75. The van der Waals surface area contributed by atoms with Crippen molar-refractivity contribution < 1.29 is 19.6 Å². The molecule has 0 bridgehead atoms. The van der Waals surface area contributed by atoms with E-state index in [4.69, 9.17) is 16.7 Å². The fourth-order valence-electron chi connectivity index (χ4n) is 2.11. The molecule has 1 aromatic rings. The van der Waals surface area contributed by atoms with Crippen molar-refractivity contribution in [3.8, 4) is 0 Å². The van der Waals surface area contributed by atoms with Gasteiger partial charge >= 0.3 is 11.7 Å². The predicted octanol–water partition coefficient (Wildman–Crippen LogP) is 0.423. The van der Waals surface area contributed by atoms with Gasteiger partial charge < -0.3 is 15.3 Å². The van der Waals surface area contributed by atoms with Gasteiger partial charge in [0.05, 0.1) is 16.4 Å². The number of nitrogens with one attached hydrogen (secondary N) is 1. The highest BCUT2D eigenvalue weighted by atomic mass is 35.5. The average Bonchev–Trinajstić information content (AvgIpc) is 2.41. The third-order valence-corrected chi connectivity index (χ3v) is 3.19. The number of carboxylic acid groups (broad SMARTS) is 1. The molecule has 2 N–H and O–H groups in total. The van der Waals surface area contributed by atoms with Gasteiger partial charge in [0, 0.05) is 25.4 Å². The van der Waals surface area contributed by atoms with Crippen molar-refractivity contribution in [3.63, 3.8) is 0 Å². The van der Waals surface area contributed by atoms with Crippen LogP contribution < -0.4 is 10.2 Å². The first-order valence-electron chi connectivity index (χ1n) is 5.96. The van der Waals surface area contributed by atoms with Gasteiger partial charge in [-0.1, -0.05) is 11.6 Å². The minimum atomic E-state index is -1.18. The van der Waals surface area contributed by atoms with Crippen molar-refractivity contribution in [1.82, 2.24) is 10.3 Å². The van der Waals surface area contributed by atoms with Crippen molar-refractivity contribution in [1.29, 1.82) is 0 Å². The molecule has 0 radical (unpaired) electrons. The van der Waals surface area contributed by atoms with Gasteiger partial charge in [-0.15, -0.1) is 0 Å². The molecule has 1 atom stereocenters. The first-order valence-corrected chi connectivity index (χ1v) is 6.34. The maximum Gasteiger partial charge on any atom is 0.313 e. The van der Waals surface area contributed by atoms with Crippen LogP contribution in [0.25, 0.3) is 0 Å². The van der Waals surface area contributed by atoms with Gasteiger partial charge in [0.25, 0.3) is 0 Å². The minimum Gasteiger partial charge on any atom is -0.481 e. The zero-order valence-corrected chi connectivity index (χ0v) is 11.4. The summed E-state index contributed by atoms with van der Waals surface area (Å²) in [6.45, 7) is 0.468. The van der Waals surface area contributed by atoms with Crippen molar-refractivity contribution in [2.45, 2.75) is 12.5 Å². The van der Waals surface area contributed by atoms with Crippen LogP contribution in [0.4, 0.5) is 11.5 Å². The van der Waals surface area contributed by atoms with Crippen molar-refractivity contribution >= 4 is 35.0 Å². The van der Waals surface area contributed by atoms with Gasteiger partial charge in [-0.3, -0.25) is 19.7 Å². The van der Waals surface area contributed by atoms with Crippen LogP contribution in [0.2, 0.25) is 5.02 Å². The number of amides is 1. The molecule has 1 unspecified atom stereocenters. The summed E-state index contributed by atoms with van der Waals surface area (Å²) in [5.41, 5.74) is -0.368. The number of nitro groups is 1. The molecule has 1 saturated heterocycles. The van der Waals surface area contributed by atoms with E-state index in [9.17, 15) is 19.7 Å². The fraction of sp³-hybridized carbons (Fsp3) is 0.364. The first-order chi connectivity index (χ1) is 9.90. The summed E-state index contributed by atoms with van der Waals surface area (Å²) >= 11 is 5.69. The molecule has 0 spiro atoms. The number of carboxylic acids is 1. The van der Waals surface area contributed by atoms with Crippen LogP contribution in [-0.4, -0.2) is 46.0 Å². The van der Waals surface area contributed by atoms with E-state index in [1.54, 1.807) is 0 Å². The standard InChI is InChI=1S/C11H11ClN4O5/c12-6-3-7(16(20)21)10(14-5-6)15-2-1-13-11(19)8(15)4-9(17)18/h3,5,8H,1-2,4H2,(H,13,19)(H,17,18). The van der Waals surface area contributed by atoms with Crippen molar-refractivity contribution in [3.05, 3.63) is 27.4 Å². The molecule has 112 valence electrons. The van der Waals surface area contributed by atoms with E-state index in [0.717, 1.165) is 6.07 Å². The summed E-state index contributed by atoms with van der Waals surface area (Å²) in [7, 11) is 0. The molecule has 0 aliphatic carbocycles. The van der Waals surface area contributed by atoms with Crippen LogP contribution in [0.3, 0.4) is 0 Å². The lowest BCUT2D eigenvalue weighted by Crippen LogP contribution is -2.56. The molecule has 1 amide bonds. The second-order valence-electron chi connectivity index (χ2n) is 4.35. The molecule has 21 heavy (non-hydrogen) atoms.